The van der Waals surface area contributed by atoms with E-state index in [1.54, 1.807) is 6.07 Å². The number of phenolic OH excluding ortho intramolecular Hbond substituents is 1. The van der Waals surface area contributed by atoms with Crippen molar-refractivity contribution >= 4 is 5.97 Å². The Labute approximate surface area is 179 Å². The van der Waals surface area contributed by atoms with Crippen LogP contribution in [0.25, 0.3) is 0 Å². The van der Waals surface area contributed by atoms with Crippen LogP contribution in [0.4, 0.5) is 0 Å². The van der Waals surface area contributed by atoms with E-state index in [0.717, 1.165) is 24.9 Å². The topological polar surface area (TPSA) is 111 Å². The molecule has 1 aromatic carbocycles. The van der Waals surface area contributed by atoms with E-state index in [0.29, 0.717) is 24.6 Å². The first-order valence-electron chi connectivity index (χ1n) is 10.8. The van der Waals surface area contributed by atoms with Gasteiger partial charge in [0.05, 0.1) is 6.61 Å². The summed E-state index contributed by atoms with van der Waals surface area (Å²) in [6, 6.07) is 4.04. The molecule has 4 aliphatic rings. The van der Waals surface area contributed by atoms with Gasteiger partial charge in [-0.3, -0.25) is 4.79 Å². The van der Waals surface area contributed by atoms with Crippen molar-refractivity contribution in [2.45, 2.75) is 55.8 Å². The number of likely N-dealkylation sites (tertiary alicyclic amines) is 1. The summed E-state index contributed by atoms with van der Waals surface area (Å²) in [7, 11) is 2.15. The molecule has 2 bridgehead atoms. The van der Waals surface area contributed by atoms with Crippen LogP contribution in [0.2, 0.25) is 0 Å². The number of benzene rings is 1. The summed E-state index contributed by atoms with van der Waals surface area (Å²) in [5.74, 6) is 0.544. The van der Waals surface area contributed by atoms with E-state index in [-0.39, 0.29) is 42.2 Å². The van der Waals surface area contributed by atoms with Gasteiger partial charge in [0, 0.05) is 29.4 Å². The molecule has 5 rings (SSSR count). The molecular weight excluding hydrogens is 404 g/mol. The molecule has 0 radical (unpaired) electrons. The smallest absolute Gasteiger partial charge is 0.306 e. The molecule has 2 heterocycles. The van der Waals surface area contributed by atoms with Gasteiger partial charge >= 0.3 is 5.97 Å². The number of aromatic hydroxyl groups is 1. The van der Waals surface area contributed by atoms with Gasteiger partial charge in [0.2, 0.25) is 0 Å². The van der Waals surface area contributed by atoms with Crippen LogP contribution < -0.4 is 4.74 Å². The highest BCUT2D eigenvalue weighted by molar-refractivity contribution is 5.70. The van der Waals surface area contributed by atoms with Crippen LogP contribution in [0.3, 0.4) is 0 Å². The molecule has 2 aliphatic carbocycles. The summed E-state index contributed by atoms with van der Waals surface area (Å²) in [6.45, 7) is 0.882. The average molecular weight is 430 g/mol. The number of unbranched alkanes of at least 4 members (excludes halogenated alkanes) is 1. The molecule has 0 aromatic heterocycles. The molecule has 1 aromatic rings. The Morgan fingerprint density at radius 3 is 3.03 bits per heavy atom. The minimum atomic E-state index is -0.835. The zero-order chi connectivity index (χ0) is 21.8. The zero-order valence-corrected chi connectivity index (χ0v) is 17.4. The van der Waals surface area contributed by atoms with Gasteiger partial charge in [-0.1, -0.05) is 12.1 Å². The minimum absolute atomic E-state index is 0.0353. The lowest BCUT2D eigenvalue weighted by atomic mass is 9.53. The van der Waals surface area contributed by atoms with Crippen LogP contribution in [0.5, 0.6) is 11.5 Å². The fourth-order valence-electron chi connectivity index (χ4n) is 6.04. The van der Waals surface area contributed by atoms with Crippen LogP contribution in [-0.4, -0.2) is 59.5 Å². The van der Waals surface area contributed by atoms with Gasteiger partial charge < -0.3 is 24.3 Å². The molecule has 166 valence electrons. The number of likely N-dealkylation sites (N-methyl/N-ethyl adjacent to an activating group) is 1. The van der Waals surface area contributed by atoms with Crippen LogP contribution >= 0.6 is 0 Å². The second-order valence-corrected chi connectivity index (χ2v) is 8.91. The van der Waals surface area contributed by atoms with Crippen LogP contribution in [0, 0.1) is 16.0 Å². The third kappa shape index (κ3) is 3.05. The van der Waals surface area contributed by atoms with Gasteiger partial charge in [-0.25, -0.2) is 0 Å². The lowest BCUT2D eigenvalue weighted by Crippen LogP contribution is -2.65. The molecule has 9 nitrogen and oxygen atoms in total. The molecule has 2 aliphatic heterocycles. The van der Waals surface area contributed by atoms with Gasteiger partial charge in [0.25, 0.3) is 5.09 Å². The first kappa shape index (κ1) is 20.1. The Morgan fingerprint density at radius 2 is 2.23 bits per heavy atom. The van der Waals surface area contributed by atoms with Crippen molar-refractivity contribution < 1.29 is 29.3 Å². The molecule has 9 heteroatoms. The zero-order valence-electron chi connectivity index (χ0n) is 17.4. The largest absolute Gasteiger partial charge is 0.504 e. The Hall–Kier alpha value is -2.81. The Morgan fingerprint density at radius 1 is 1.39 bits per heavy atom. The summed E-state index contributed by atoms with van der Waals surface area (Å²) in [6.07, 6.45) is 5.97. The fraction of sp³-hybridized carbons (Fsp3) is 0.591. The van der Waals surface area contributed by atoms with Crippen molar-refractivity contribution in [3.8, 4) is 11.5 Å². The van der Waals surface area contributed by atoms with E-state index in [1.807, 2.05) is 12.1 Å². The number of esters is 1. The van der Waals surface area contributed by atoms with Gasteiger partial charge in [-0.05, 0) is 57.0 Å². The molecular formula is C22H26N2O7. The monoisotopic (exact) mass is 430 g/mol. The Bertz CT molecular complexity index is 948. The van der Waals surface area contributed by atoms with Crippen LogP contribution in [0.15, 0.2) is 24.3 Å². The lowest BCUT2D eigenvalue weighted by molar-refractivity contribution is -0.757. The molecule has 1 unspecified atom stereocenters. The number of ether oxygens (including phenoxy) is 2. The van der Waals surface area contributed by atoms with Crippen molar-refractivity contribution in [3.63, 3.8) is 0 Å². The normalized spacial score (nSPS) is 32.2. The number of phenols is 1. The second-order valence-electron chi connectivity index (χ2n) is 8.91. The van der Waals surface area contributed by atoms with E-state index in [2.05, 4.69) is 22.9 Å². The predicted molar refractivity (Wildman–Crippen MR) is 108 cm³/mol. The van der Waals surface area contributed by atoms with Crippen LogP contribution in [-0.2, 0) is 26.2 Å². The average Bonchev–Trinajstić information content (AvgIpc) is 3.08. The minimum Gasteiger partial charge on any atom is -0.504 e. The van der Waals surface area contributed by atoms with Crippen molar-refractivity contribution in [1.29, 1.82) is 0 Å². The van der Waals surface area contributed by atoms with Crippen molar-refractivity contribution in [2.75, 3.05) is 20.2 Å². The van der Waals surface area contributed by atoms with Gasteiger partial charge in [0.15, 0.2) is 17.6 Å². The molecule has 1 fully saturated rings. The van der Waals surface area contributed by atoms with E-state index in [4.69, 9.17) is 9.47 Å². The summed E-state index contributed by atoms with van der Waals surface area (Å²) < 4.78 is 12.1. The highest BCUT2D eigenvalue weighted by atomic mass is 16.9. The first-order valence-corrected chi connectivity index (χ1v) is 10.8. The lowest BCUT2D eigenvalue weighted by Gasteiger charge is -2.56. The van der Waals surface area contributed by atoms with Crippen molar-refractivity contribution in [3.05, 3.63) is 45.5 Å². The Kier molecular flexibility index (Phi) is 4.80. The number of nitrogens with zero attached hydrogens (tertiary/aromatic N) is 2. The number of piperidine rings is 1. The van der Waals surface area contributed by atoms with E-state index in [9.17, 15) is 20.0 Å². The van der Waals surface area contributed by atoms with Gasteiger partial charge in [-0.2, -0.15) is 0 Å². The maximum atomic E-state index is 12.5. The quantitative estimate of drug-likeness (QED) is 0.230. The third-order valence-electron chi connectivity index (χ3n) is 7.37. The molecule has 5 atom stereocenters. The molecule has 1 spiro atoms. The molecule has 31 heavy (non-hydrogen) atoms. The number of rotatable bonds is 7. The van der Waals surface area contributed by atoms with Gasteiger partial charge in [-0.15, -0.1) is 10.1 Å². The van der Waals surface area contributed by atoms with E-state index < -0.39 is 11.2 Å². The number of carbonyl (C=O) groups is 1. The number of hydrogen-bond acceptors (Lipinski definition) is 8. The maximum Gasteiger partial charge on any atom is 0.306 e. The second kappa shape index (κ2) is 7.40. The third-order valence-corrected chi connectivity index (χ3v) is 7.37. The molecule has 0 saturated carbocycles. The van der Waals surface area contributed by atoms with Gasteiger partial charge in [0.1, 0.15) is 6.10 Å². The molecule has 0 amide bonds. The van der Waals surface area contributed by atoms with Crippen LogP contribution in [0.1, 0.15) is 36.8 Å². The Balaban J connectivity index is 1.37. The van der Waals surface area contributed by atoms with Crippen molar-refractivity contribution in [2.24, 2.45) is 5.92 Å². The standard InChI is InChI=1S/C22H26N2O7/c1-23-10-9-22-14-6-8-17(30-18(26)4-2-3-11-29-24(27)28)21(22)31-20-16(25)7-5-13(19(20)22)12-15(14)23/h5-8,14-15,17,21,25H,2-4,9-12H2,1H3/t14?,15-,17+,21+,22+/m1/s1. The van der Waals surface area contributed by atoms with Crippen molar-refractivity contribution in [1.82, 2.24) is 4.90 Å². The molecule has 1 saturated heterocycles. The van der Waals surface area contributed by atoms with E-state index in [1.165, 1.54) is 5.56 Å². The number of carbonyl (C=O) groups excluding carboxylic acids is 1. The summed E-state index contributed by atoms with van der Waals surface area (Å²) in [5, 5.41) is 19.9. The highest BCUT2D eigenvalue weighted by Crippen LogP contribution is 2.62. The predicted octanol–water partition coefficient (Wildman–Crippen LogP) is 2.13. The number of hydrogen-bond donors (Lipinski definition) is 1. The summed E-state index contributed by atoms with van der Waals surface area (Å²) in [4.78, 5) is 29.3. The highest BCUT2D eigenvalue weighted by Gasteiger charge is 2.65. The summed E-state index contributed by atoms with van der Waals surface area (Å²) in [5.41, 5.74) is 1.99. The maximum absolute atomic E-state index is 12.5. The van der Waals surface area contributed by atoms with E-state index >= 15 is 0 Å². The fourth-order valence-corrected chi connectivity index (χ4v) is 6.04. The SMILES string of the molecule is CN1CC[C@]23c4c5ccc(O)c4O[C@H]2[C@@H](OC(=O)CCCCO[N+](=O)[O-])C=CC3[C@H]1C5. The molecule has 1 N–H and O–H groups in total. The first-order chi connectivity index (χ1) is 14.9. The summed E-state index contributed by atoms with van der Waals surface area (Å²) >= 11 is 0.